The maximum Gasteiger partial charge on any atom is 0.196 e. The highest BCUT2D eigenvalue weighted by Gasteiger charge is 2.18. The molecule has 0 aliphatic carbocycles. The fraction of sp³-hybridized carbons (Fsp3) is 0.0909. The van der Waals surface area contributed by atoms with Gasteiger partial charge in [-0.05, 0) is 60.5 Å². The third kappa shape index (κ3) is 4.05. The average Bonchev–Trinajstić information content (AvgIpc) is 3.13. The standard InChI is InChI=1S/C22H16F3N3S/c1-14-4-2-3-5-20(14)28-21(16-7-9-17(23)10-8-16)26-27-22(28)29-13-15-6-11-18(24)19(25)12-15/h2-12H,13H2,1H3. The van der Waals surface area contributed by atoms with Crippen molar-refractivity contribution in [1.82, 2.24) is 14.8 Å². The van der Waals surface area contributed by atoms with Crippen LogP contribution in [0.1, 0.15) is 11.1 Å². The molecule has 0 saturated heterocycles. The summed E-state index contributed by atoms with van der Waals surface area (Å²) in [4.78, 5) is 0. The molecule has 29 heavy (non-hydrogen) atoms. The van der Waals surface area contributed by atoms with Gasteiger partial charge in [-0.25, -0.2) is 13.2 Å². The quantitative estimate of drug-likeness (QED) is 0.380. The number of nitrogens with zero attached hydrogens (tertiary/aromatic N) is 3. The van der Waals surface area contributed by atoms with E-state index in [1.54, 1.807) is 18.2 Å². The monoisotopic (exact) mass is 411 g/mol. The molecule has 1 heterocycles. The smallest absolute Gasteiger partial charge is 0.196 e. The number of hydrogen-bond acceptors (Lipinski definition) is 3. The first-order chi connectivity index (χ1) is 14.0. The van der Waals surface area contributed by atoms with E-state index in [2.05, 4.69) is 10.2 Å². The van der Waals surface area contributed by atoms with Gasteiger partial charge < -0.3 is 0 Å². The van der Waals surface area contributed by atoms with Crippen molar-refractivity contribution in [3.8, 4) is 17.1 Å². The van der Waals surface area contributed by atoms with Crippen LogP contribution in [0.5, 0.6) is 0 Å². The van der Waals surface area contributed by atoms with Crippen molar-refractivity contribution in [3.63, 3.8) is 0 Å². The van der Waals surface area contributed by atoms with Crippen LogP contribution in [0.4, 0.5) is 13.2 Å². The van der Waals surface area contributed by atoms with E-state index in [4.69, 9.17) is 0 Å². The van der Waals surface area contributed by atoms with Gasteiger partial charge in [0, 0.05) is 11.3 Å². The lowest BCUT2D eigenvalue weighted by Gasteiger charge is -2.13. The lowest BCUT2D eigenvalue weighted by Crippen LogP contribution is -2.02. The van der Waals surface area contributed by atoms with Crippen molar-refractivity contribution in [3.05, 3.63) is 95.3 Å². The van der Waals surface area contributed by atoms with Gasteiger partial charge in [0.1, 0.15) is 5.82 Å². The second-order valence-corrected chi connectivity index (χ2v) is 7.41. The third-order valence-corrected chi connectivity index (χ3v) is 5.44. The van der Waals surface area contributed by atoms with E-state index in [9.17, 15) is 13.2 Å². The number of aromatic nitrogens is 3. The van der Waals surface area contributed by atoms with Gasteiger partial charge >= 0.3 is 0 Å². The molecule has 4 aromatic rings. The van der Waals surface area contributed by atoms with Crippen LogP contribution in [0.2, 0.25) is 0 Å². The Hall–Kier alpha value is -3.06. The van der Waals surface area contributed by atoms with Gasteiger partial charge in [-0.2, -0.15) is 0 Å². The van der Waals surface area contributed by atoms with Crippen molar-refractivity contribution in [1.29, 1.82) is 0 Å². The van der Waals surface area contributed by atoms with Crippen LogP contribution < -0.4 is 0 Å². The Morgan fingerprint density at radius 1 is 0.862 bits per heavy atom. The normalized spacial score (nSPS) is 11.0. The van der Waals surface area contributed by atoms with Crippen molar-refractivity contribution in [2.24, 2.45) is 0 Å². The van der Waals surface area contributed by atoms with Crippen LogP contribution in [-0.4, -0.2) is 14.8 Å². The van der Waals surface area contributed by atoms with Gasteiger partial charge in [0.2, 0.25) is 0 Å². The molecule has 0 aliphatic rings. The van der Waals surface area contributed by atoms with Crippen molar-refractivity contribution in [2.45, 2.75) is 17.8 Å². The average molecular weight is 411 g/mol. The van der Waals surface area contributed by atoms with Crippen LogP contribution in [0.15, 0.2) is 71.9 Å². The topological polar surface area (TPSA) is 30.7 Å². The molecule has 0 bridgehead atoms. The van der Waals surface area contributed by atoms with Crippen LogP contribution >= 0.6 is 11.8 Å². The highest BCUT2D eigenvalue weighted by Crippen LogP contribution is 2.31. The Morgan fingerprint density at radius 3 is 2.34 bits per heavy atom. The molecular weight excluding hydrogens is 395 g/mol. The Labute approximate surface area is 170 Å². The summed E-state index contributed by atoms with van der Waals surface area (Å²) in [5, 5.41) is 9.22. The van der Waals surface area contributed by atoms with Crippen molar-refractivity contribution in [2.75, 3.05) is 0 Å². The minimum atomic E-state index is -0.879. The van der Waals surface area contributed by atoms with Crippen LogP contribution in [0, 0.1) is 24.4 Å². The molecule has 0 amide bonds. The van der Waals surface area contributed by atoms with Gasteiger partial charge in [0.25, 0.3) is 0 Å². The molecule has 146 valence electrons. The van der Waals surface area contributed by atoms with E-state index in [0.29, 0.717) is 22.3 Å². The van der Waals surface area contributed by atoms with E-state index < -0.39 is 11.6 Å². The molecule has 0 spiro atoms. The van der Waals surface area contributed by atoms with Gasteiger partial charge in [0.05, 0.1) is 5.69 Å². The Bertz CT molecular complexity index is 1160. The number of benzene rings is 3. The summed E-state index contributed by atoms with van der Waals surface area (Å²) in [5.74, 6) is -1.11. The molecular formula is C22H16F3N3S. The van der Waals surface area contributed by atoms with E-state index >= 15 is 0 Å². The summed E-state index contributed by atoms with van der Waals surface area (Å²) >= 11 is 1.36. The molecule has 0 atom stereocenters. The highest BCUT2D eigenvalue weighted by molar-refractivity contribution is 7.98. The lowest BCUT2D eigenvalue weighted by atomic mass is 10.1. The minimum absolute atomic E-state index is 0.330. The van der Waals surface area contributed by atoms with E-state index in [-0.39, 0.29) is 5.82 Å². The molecule has 0 fully saturated rings. The predicted octanol–water partition coefficient (Wildman–Crippen LogP) is 5.95. The number of halogens is 3. The highest BCUT2D eigenvalue weighted by atomic mass is 32.2. The van der Waals surface area contributed by atoms with Gasteiger partial charge in [-0.15, -0.1) is 10.2 Å². The molecule has 0 N–H and O–H groups in total. The van der Waals surface area contributed by atoms with Crippen molar-refractivity contribution >= 4 is 11.8 Å². The molecule has 4 rings (SSSR count). The van der Waals surface area contributed by atoms with Crippen LogP contribution in [0.25, 0.3) is 17.1 Å². The number of para-hydroxylation sites is 1. The third-order valence-electron chi connectivity index (χ3n) is 4.44. The molecule has 7 heteroatoms. The van der Waals surface area contributed by atoms with Gasteiger partial charge in [0.15, 0.2) is 22.6 Å². The minimum Gasteiger partial charge on any atom is -0.270 e. The molecule has 0 radical (unpaired) electrons. The molecule has 1 aromatic heterocycles. The van der Waals surface area contributed by atoms with Crippen LogP contribution in [-0.2, 0) is 5.75 Å². The van der Waals surface area contributed by atoms with Crippen LogP contribution in [0.3, 0.4) is 0 Å². The number of aryl methyl sites for hydroxylation is 1. The zero-order valence-electron chi connectivity index (χ0n) is 15.4. The second kappa shape index (κ2) is 8.13. The molecule has 3 aromatic carbocycles. The molecule has 3 nitrogen and oxygen atoms in total. The summed E-state index contributed by atoms with van der Waals surface area (Å²) in [6, 6.07) is 17.7. The molecule has 0 saturated carbocycles. The first-order valence-corrected chi connectivity index (χ1v) is 9.85. The van der Waals surface area contributed by atoms with E-state index in [1.165, 1.54) is 30.0 Å². The second-order valence-electron chi connectivity index (χ2n) is 6.47. The lowest BCUT2D eigenvalue weighted by molar-refractivity contribution is 0.507. The first kappa shape index (κ1) is 19.3. The Balaban J connectivity index is 1.74. The molecule has 0 aliphatic heterocycles. The van der Waals surface area contributed by atoms with Gasteiger partial charge in [-0.1, -0.05) is 36.0 Å². The fourth-order valence-corrected chi connectivity index (χ4v) is 3.85. The Morgan fingerprint density at radius 2 is 1.62 bits per heavy atom. The maximum absolute atomic E-state index is 13.5. The fourth-order valence-electron chi connectivity index (χ4n) is 2.96. The summed E-state index contributed by atoms with van der Waals surface area (Å²) < 4.78 is 41.9. The summed E-state index contributed by atoms with van der Waals surface area (Å²) in [7, 11) is 0. The predicted molar refractivity (Wildman–Crippen MR) is 107 cm³/mol. The van der Waals surface area contributed by atoms with Gasteiger partial charge in [-0.3, -0.25) is 4.57 Å². The summed E-state index contributed by atoms with van der Waals surface area (Å²) in [6.07, 6.45) is 0. The zero-order chi connectivity index (χ0) is 20.4. The number of thioether (sulfide) groups is 1. The summed E-state index contributed by atoms with van der Waals surface area (Å²) in [6.45, 7) is 1.98. The maximum atomic E-state index is 13.5. The van der Waals surface area contributed by atoms with E-state index in [1.807, 2.05) is 35.8 Å². The van der Waals surface area contributed by atoms with Crippen molar-refractivity contribution < 1.29 is 13.2 Å². The first-order valence-electron chi connectivity index (χ1n) is 8.87. The largest absolute Gasteiger partial charge is 0.270 e. The number of hydrogen-bond donors (Lipinski definition) is 0. The Kier molecular flexibility index (Phi) is 5.40. The SMILES string of the molecule is Cc1ccccc1-n1c(SCc2ccc(F)c(F)c2)nnc1-c1ccc(F)cc1. The zero-order valence-corrected chi connectivity index (χ0v) is 16.3. The molecule has 0 unspecified atom stereocenters. The summed E-state index contributed by atoms with van der Waals surface area (Å²) in [5.41, 5.74) is 3.27. The number of rotatable bonds is 5. The van der Waals surface area contributed by atoms with E-state index in [0.717, 1.165) is 22.9 Å².